The number of rotatable bonds is 0. The molecule has 0 amide bonds. The lowest BCUT2D eigenvalue weighted by molar-refractivity contribution is 0.0111. The Balaban J connectivity index is 2.06. The molecule has 1 spiro atoms. The molecule has 11 heavy (non-hydrogen) atoms. The predicted molar refractivity (Wildman–Crippen MR) is 44.6 cm³/mol. The van der Waals surface area contributed by atoms with Crippen molar-refractivity contribution in [1.82, 2.24) is 5.32 Å². The van der Waals surface area contributed by atoms with Crippen molar-refractivity contribution in [3.63, 3.8) is 0 Å². The lowest BCUT2D eigenvalue weighted by atomic mass is 9.75. The second-order valence-corrected chi connectivity index (χ2v) is 3.90. The molecule has 0 aromatic rings. The van der Waals surface area contributed by atoms with Crippen LogP contribution in [-0.4, -0.2) is 25.8 Å². The van der Waals surface area contributed by atoms with Crippen LogP contribution in [0.4, 0.5) is 0 Å². The summed E-state index contributed by atoms with van der Waals surface area (Å²) in [5, 5.41) is 3.52. The Kier molecular flexibility index (Phi) is 1.90. The third kappa shape index (κ3) is 1.18. The normalized spacial score (nSPS) is 36.3. The van der Waals surface area contributed by atoms with Gasteiger partial charge in [-0.25, -0.2) is 0 Å². The van der Waals surface area contributed by atoms with Gasteiger partial charge in [-0.15, -0.1) is 0 Å². The van der Waals surface area contributed by atoms with Gasteiger partial charge in [0.2, 0.25) is 0 Å². The molecule has 2 nitrogen and oxygen atoms in total. The van der Waals surface area contributed by atoms with Crippen LogP contribution in [-0.2, 0) is 4.74 Å². The van der Waals surface area contributed by atoms with Crippen molar-refractivity contribution in [3.05, 3.63) is 0 Å². The fourth-order valence-corrected chi connectivity index (χ4v) is 2.43. The van der Waals surface area contributed by atoms with Gasteiger partial charge in [0.15, 0.2) is 0 Å². The van der Waals surface area contributed by atoms with Gasteiger partial charge in [-0.3, -0.25) is 0 Å². The van der Waals surface area contributed by atoms with E-state index in [0.717, 1.165) is 13.2 Å². The maximum absolute atomic E-state index is 5.38. The van der Waals surface area contributed by atoms with E-state index in [-0.39, 0.29) is 0 Å². The summed E-state index contributed by atoms with van der Waals surface area (Å²) < 4.78 is 5.38. The van der Waals surface area contributed by atoms with Crippen molar-refractivity contribution in [3.8, 4) is 0 Å². The minimum Gasteiger partial charge on any atom is -0.381 e. The van der Waals surface area contributed by atoms with Crippen LogP contribution < -0.4 is 5.32 Å². The van der Waals surface area contributed by atoms with Crippen LogP contribution >= 0.6 is 0 Å². The summed E-state index contributed by atoms with van der Waals surface area (Å²) in [6, 6.07) is 0.714. The molecule has 2 heterocycles. The summed E-state index contributed by atoms with van der Waals surface area (Å²) in [5.41, 5.74) is 0.595. The highest BCUT2D eigenvalue weighted by molar-refractivity contribution is 4.95. The third-order valence-corrected chi connectivity index (χ3v) is 3.48. The molecule has 0 aromatic carbocycles. The van der Waals surface area contributed by atoms with E-state index in [0.29, 0.717) is 11.5 Å². The van der Waals surface area contributed by atoms with E-state index >= 15 is 0 Å². The second kappa shape index (κ2) is 2.76. The molecule has 0 aromatic heterocycles. The molecular weight excluding hydrogens is 138 g/mol. The van der Waals surface area contributed by atoms with Gasteiger partial charge in [-0.05, 0) is 38.1 Å². The van der Waals surface area contributed by atoms with Crippen molar-refractivity contribution in [2.24, 2.45) is 5.41 Å². The molecule has 1 unspecified atom stereocenters. The van der Waals surface area contributed by atoms with Gasteiger partial charge in [0.1, 0.15) is 0 Å². The molecule has 0 aliphatic carbocycles. The Morgan fingerprint density at radius 3 is 2.55 bits per heavy atom. The van der Waals surface area contributed by atoms with Gasteiger partial charge < -0.3 is 10.1 Å². The molecule has 0 saturated carbocycles. The summed E-state index contributed by atoms with van der Waals surface area (Å²) in [6.07, 6.45) is 3.89. The number of hydrogen-bond acceptors (Lipinski definition) is 2. The maximum atomic E-state index is 5.38. The van der Waals surface area contributed by atoms with Crippen LogP contribution in [0, 0.1) is 5.41 Å². The Labute approximate surface area is 68.3 Å². The summed E-state index contributed by atoms with van der Waals surface area (Å²) in [7, 11) is 0. The zero-order valence-electron chi connectivity index (χ0n) is 7.23. The molecule has 2 aliphatic rings. The van der Waals surface area contributed by atoms with Crippen molar-refractivity contribution >= 4 is 0 Å². The van der Waals surface area contributed by atoms with Gasteiger partial charge in [0.05, 0.1) is 0 Å². The minimum atomic E-state index is 0.595. The van der Waals surface area contributed by atoms with Crippen molar-refractivity contribution in [1.29, 1.82) is 0 Å². The molecule has 1 N–H and O–H groups in total. The molecule has 2 rings (SSSR count). The third-order valence-electron chi connectivity index (χ3n) is 3.48. The molecule has 2 fully saturated rings. The Morgan fingerprint density at radius 2 is 2.00 bits per heavy atom. The van der Waals surface area contributed by atoms with Crippen LogP contribution in [0.1, 0.15) is 26.2 Å². The Morgan fingerprint density at radius 1 is 1.27 bits per heavy atom. The molecule has 0 bridgehead atoms. The van der Waals surface area contributed by atoms with E-state index in [2.05, 4.69) is 12.2 Å². The van der Waals surface area contributed by atoms with Crippen molar-refractivity contribution < 1.29 is 4.74 Å². The molecular formula is C9H17NO. The molecule has 1 atom stereocenters. The summed E-state index contributed by atoms with van der Waals surface area (Å²) in [6.45, 7) is 5.48. The molecule has 0 radical (unpaired) electrons. The minimum absolute atomic E-state index is 0.595. The maximum Gasteiger partial charge on any atom is 0.0471 e. The lowest BCUT2D eigenvalue weighted by Crippen LogP contribution is -2.38. The topological polar surface area (TPSA) is 21.3 Å². The highest BCUT2D eigenvalue weighted by atomic mass is 16.5. The van der Waals surface area contributed by atoms with E-state index in [9.17, 15) is 0 Å². The quantitative estimate of drug-likeness (QED) is 0.567. The first-order valence-corrected chi connectivity index (χ1v) is 4.65. The largest absolute Gasteiger partial charge is 0.381 e. The fourth-order valence-electron chi connectivity index (χ4n) is 2.43. The highest BCUT2D eigenvalue weighted by Gasteiger charge is 2.40. The zero-order chi connectivity index (χ0) is 7.73. The first-order chi connectivity index (χ1) is 5.33. The second-order valence-electron chi connectivity index (χ2n) is 3.90. The highest BCUT2D eigenvalue weighted by Crippen LogP contribution is 2.40. The van der Waals surface area contributed by atoms with Gasteiger partial charge in [-0.1, -0.05) is 0 Å². The molecule has 64 valence electrons. The van der Waals surface area contributed by atoms with Crippen molar-refractivity contribution in [2.45, 2.75) is 32.2 Å². The number of nitrogens with one attached hydrogen (secondary N) is 1. The van der Waals surface area contributed by atoms with Crippen LogP contribution in [0.5, 0.6) is 0 Å². The smallest absolute Gasteiger partial charge is 0.0471 e. The summed E-state index contributed by atoms with van der Waals surface area (Å²) >= 11 is 0. The lowest BCUT2D eigenvalue weighted by Gasteiger charge is -2.36. The predicted octanol–water partition coefficient (Wildman–Crippen LogP) is 1.17. The SMILES string of the molecule is CC1NCCC12CCOCC2. The average Bonchev–Trinajstić information content (AvgIpc) is 2.36. The van der Waals surface area contributed by atoms with Gasteiger partial charge in [-0.2, -0.15) is 0 Å². The van der Waals surface area contributed by atoms with E-state index < -0.39 is 0 Å². The molecule has 2 saturated heterocycles. The van der Waals surface area contributed by atoms with E-state index in [1.807, 2.05) is 0 Å². The summed E-state index contributed by atoms with van der Waals surface area (Å²) in [4.78, 5) is 0. The fraction of sp³-hybridized carbons (Fsp3) is 1.00. The molecule has 2 aliphatic heterocycles. The monoisotopic (exact) mass is 155 g/mol. The Hall–Kier alpha value is -0.0800. The number of hydrogen-bond donors (Lipinski definition) is 1. The number of ether oxygens (including phenoxy) is 1. The van der Waals surface area contributed by atoms with E-state index in [4.69, 9.17) is 4.74 Å². The van der Waals surface area contributed by atoms with Gasteiger partial charge in [0, 0.05) is 19.3 Å². The van der Waals surface area contributed by atoms with Gasteiger partial charge in [0.25, 0.3) is 0 Å². The van der Waals surface area contributed by atoms with Crippen molar-refractivity contribution in [2.75, 3.05) is 19.8 Å². The van der Waals surface area contributed by atoms with E-state index in [1.165, 1.54) is 25.8 Å². The molecule has 2 heteroatoms. The van der Waals surface area contributed by atoms with Crippen LogP contribution in [0.3, 0.4) is 0 Å². The standard InChI is InChI=1S/C9H17NO/c1-8-9(2-5-10-8)3-6-11-7-4-9/h8,10H,2-7H2,1H3. The average molecular weight is 155 g/mol. The van der Waals surface area contributed by atoms with E-state index in [1.54, 1.807) is 0 Å². The zero-order valence-corrected chi connectivity index (χ0v) is 7.23. The Bertz CT molecular complexity index is 140. The van der Waals surface area contributed by atoms with Crippen LogP contribution in [0.2, 0.25) is 0 Å². The first-order valence-electron chi connectivity index (χ1n) is 4.65. The van der Waals surface area contributed by atoms with Gasteiger partial charge >= 0.3 is 0 Å². The summed E-state index contributed by atoms with van der Waals surface area (Å²) in [5.74, 6) is 0. The van der Waals surface area contributed by atoms with Crippen LogP contribution in [0.15, 0.2) is 0 Å². The first kappa shape index (κ1) is 7.56. The van der Waals surface area contributed by atoms with Crippen LogP contribution in [0.25, 0.3) is 0 Å².